The minimum absolute atomic E-state index is 0.0554. The Labute approximate surface area is 115 Å². The van der Waals surface area contributed by atoms with Gasteiger partial charge in [-0.3, -0.25) is 4.79 Å². The van der Waals surface area contributed by atoms with Crippen molar-refractivity contribution in [3.63, 3.8) is 0 Å². The molecule has 1 aliphatic heterocycles. The number of alkyl halides is 3. The highest BCUT2D eigenvalue weighted by atomic mass is 19.4. The van der Waals surface area contributed by atoms with E-state index in [1.807, 2.05) is 0 Å². The summed E-state index contributed by atoms with van der Waals surface area (Å²) >= 11 is 0. The van der Waals surface area contributed by atoms with E-state index in [4.69, 9.17) is 0 Å². The lowest BCUT2D eigenvalue weighted by Gasteiger charge is -2.21. The van der Waals surface area contributed by atoms with E-state index in [0.29, 0.717) is 13.1 Å². The summed E-state index contributed by atoms with van der Waals surface area (Å²) in [5, 5.41) is 2.73. The third kappa shape index (κ3) is 3.40. The summed E-state index contributed by atoms with van der Waals surface area (Å²) in [7, 11) is 0. The molecule has 1 unspecified atom stereocenters. The Morgan fingerprint density at radius 1 is 1.35 bits per heavy atom. The van der Waals surface area contributed by atoms with E-state index in [-0.39, 0.29) is 11.7 Å². The fourth-order valence-corrected chi connectivity index (χ4v) is 2.17. The molecule has 2 heterocycles. The lowest BCUT2D eigenvalue weighted by atomic mass is 10.2. The first-order valence-corrected chi connectivity index (χ1v) is 6.47. The topological polar surface area (TPSA) is 45.2 Å². The van der Waals surface area contributed by atoms with Crippen molar-refractivity contribution in [3.05, 3.63) is 23.9 Å². The molecule has 110 valence electrons. The molecule has 1 amide bonds. The fraction of sp³-hybridized carbons (Fsp3) is 0.538. The molecule has 0 spiro atoms. The van der Waals surface area contributed by atoms with Gasteiger partial charge in [0.1, 0.15) is 17.6 Å². The zero-order chi connectivity index (χ0) is 14.8. The number of nitrogens with zero attached hydrogens (tertiary/aromatic N) is 2. The van der Waals surface area contributed by atoms with Crippen LogP contribution in [0.2, 0.25) is 0 Å². The second-order valence-corrected chi connectivity index (χ2v) is 4.80. The number of carbonyl (C=O) groups excluding carboxylic acids is 1. The van der Waals surface area contributed by atoms with E-state index in [9.17, 15) is 18.0 Å². The van der Waals surface area contributed by atoms with Gasteiger partial charge in [0.05, 0.1) is 0 Å². The smallest absolute Gasteiger partial charge is 0.359 e. The maximum Gasteiger partial charge on any atom is 0.433 e. The average molecular weight is 287 g/mol. The number of nitrogens with one attached hydrogen (secondary N) is 1. The maximum absolute atomic E-state index is 12.5. The van der Waals surface area contributed by atoms with E-state index < -0.39 is 17.9 Å². The summed E-state index contributed by atoms with van der Waals surface area (Å²) in [6.07, 6.45) is -2.54. The summed E-state index contributed by atoms with van der Waals surface area (Å²) in [5.41, 5.74) is -0.969. The molecule has 2 rings (SSSR count). The van der Waals surface area contributed by atoms with Crippen LogP contribution in [0, 0.1) is 0 Å². The van der Waals surface area contributed by atoms with Crippen LogP contribution < -0.4 is 5.32 Å². The Morgan fingerprint density at radius 2 is 2.00 bits per heavy atom. The van der Waals surface area contributed by atoms with Crippen LogP contribution in [0.3, 0.4) is 0 Å². The van der Waals surface area contributed by atoms with Crippen LogP contribution in [-0.2, 0) is 11.0 Å². The van der Waals surface area contributed by atoms with Gasteiger partial charge in [0, 0.05) is 13.1 Å². The number of aromatic nitrogens is 1. The highest BCUT2D eigenvalue weighted by Gasteiger charge is 2.32. The standard InChI is InChI=1S/C13H16F3N3O/c1-9(12(20)19-7-2-3-8-19)17-11-6-4-5-10(18-11)13(14,15)16/h4-6,9H,2-3,7-8H2,1H3,(H,17,18). The maximum atomic E-state index is 12.5. The normalized spacial score (nSPS) is 17.1. The van der Waals surface area contributed by atoms with Crippen molar-refractivity contribution in [3.8, 4) is 0 Å². The number of hydrogen-bond acceptors (Lipinski definition) is 3. The molecule has 1 aliphatic rings. The van der Waals surface area contributed by atoms with Crippen LogP contribution in [0.25, 0.3) is 0 Å². The zero-order valence-corrected chi connectivity index (χ0v) is 11.1. The number of carbonyl (C=O) groups is 1. The van der Waals surface area contributed by atoms with Gasteiger partial charge in [-0.05, 0) is 31.9 Å². The van der Waals surface area contributed by atoms with E-state index in [2.05, 4.69) is 10.3 Å². The third-order valence-electron chi connectivity index (χ3n) is 3.19. The number of pyridine rings is 1. The van der Waals surface area contributed by atoms with Gasteiger partial charge in [0.25, 0.3) is 0 Å². The molecule has 7 heteroatoms. The molecule has 1 aromatic heterocycles. The molecule has 1 saturated heterocycles. The molecular formula is C13H16F3N3O. The van der Waals surface area contributed by atoms with Crippen molar-refractivity contribution in [1.82, 2.24) is 9.88 Å². The number of likely N-dealkylation sites (tertiary alicyclic amines) is 1. The lowest BCUT2D eigenvalue weighted by molar-refractivity contribution is -0.141. The Kier molecular flexibility index (Phi) is 4.15. The van der Waals surface area contributed by atoms with E-state index in [0.717, 1.165) is 18.9 Å². The molecule has 0 saturated carbocycles. The van der Waals surface area contributed by atoms with E-state index in [1.54, 1.807) is 11.8 Å². The molecule has 0 radical (unpaired) electrons. The summed E-state index contributed by atoms with van der Waals surface area (Å²) < 4.78 is 37.6. The first-order valence-electron chi connectivity index (χ1n) is 6.47. The minimum atomic E-state index is -4.49. The Balaban J connectivity index is 2.04. The molecular weight excluding hydrogens is 271 g/mol. The Morgan fingerprint density at radius 3 is 2.60 bits per heavy atom. The first kappa shape index (κ1) is 14.6. The largest absolute Gasteiger partial charge is 0.433 e. The third-order valence-corrected chi connectivity index (χ3v) is 3.19. The summed E-state index contributed by atoms with van der Waals surface area (Å²) in [6, 6.07) is 3.00. The zero-order valence-electron chi connectivity index (χ0n) is 11.1. The number of anilines is 1. The van der Waals surface area contributed by atoms with Crippen molar-refractivity contribution in [1.29, 1.82) is 0 Å². The highest BCUT2D eigenvalue weighted by molar-refractivity contribution is 5.84. The predicted octanol–water partition coefficient (Wildman–Crippen LogP) is 2.52. The molecule has 4 nitrogen and oxygen atoms in total. The van der Waals surface area contributed by atoms with E-state index in [1.165, 1.54) is 12.1 Å². The predicted molar refractivity (Wildman–Crippen MR) is 68.1 cm³/mol. The van der Waals surface area contributed by atoms with E-state index >= 15 is 0 Å². The quantitative estimate of drug-likeness (QED) is 0.929. The van der Waals surface area contributed by atoms with Crippen LogP contribution in [-0.4, -0.2) is 34.9 Å². The Hall–Kier alpha value is -1.79. The average Bonchev–Trinajstić information content (AvgIpc) is 2.91. The molecule has 0 aliphatic carbocycles. The highest BCUT2D eigenvalue weighted by Crippen LogP contribution is 2.28. The molecule has 1 N–H and O–H groups in total. The first-order chi connectivity index (χ1) is 9.38. The van der Waals surface area contributed by atoms with Gasteiger partial charge < -0.3 is 10.2 Å². The summed E-state index contributed by atoms with van der Waals surface area (Å²) in [5.74, 6) is -0.0541. The summed E-state index contributed by atoms with van der Waals surface area (Å²) in [4.78, 5) is 17.2. The van der Waals surface area contributed by atoms with Gasteiger partial charge in [-0.25, -0.2) is 4.98 Å². The Bertz CT molecular complexity index is 484. The van der Waals surface area contributed by atoms with Crippen LogP contribution in [0.15, 0.2) is 18.2 Å². The van der Waals surface area contributed by atoms with Gasteiger partial charge in [-0.2, -0.15) is 13.2 Å². The monoisotopic (exact) mass is 287 g/mol. The summed E-state index contributed by atoms with van der Waals surface area (Å²) in [6.45, 7) is 3.05. The molecule has 0 aromatic carbocycles. The van der Waals surface area contributed by atoms with Gasteiger partial charge in [0.2, 0.25) is 5.91 Å². The SMILES string of the molecule is CC(Nc1cccc(C(F)(F)F)n1)C(=O)N1CCCC1. The van der Waals surface area contributed by atoms with Gasteiger partial charge in [0.15, 0.2) is 0 Å². The van der Waals surface area contributed by atoms with Gasteiger partial charge in [-0.1, -0.05) is 6.07 Å². The van der Waals surface area contributed by atoms with Crippen molar-refractivity contribution in [2.75, 3.05) is 18.4 Å². The lowest BCUT2D eigenvalue weighted by Crippen LogP contribution is -2.39. The number of rotatable bonds is 3. The molecule has 1 aromatic rings. The second kappa shape index (κ2) is 5.68. The van der Waals surface area contributed by atoms with Crippen LogP contribution in [0.5, 0.6) is 0 Å². The van der Waals surface area contributed by atoms with Crippen LogP contribution in [0.1, 0.15) is 25.5 Å². The van der Waals surface area contributed by atoms with Crippen molar-refractivity contribution < 1.29 is 18.0 Å². The number of hydrogen-bond donors (Lipinski definition) is 1. The second-order valence-electron chi connectivity index (χ2n) is 4.80. The molecule has 1 atom stereocenters. The van der Waals surface area contributed by atoms with Crippen molar-refractivity contribution >= 4 is 11.7 Å². The fourth-order valence-electron chi connectivity index (χ4n) is 2.17. The van der Waals surface area contributed by atoms with Crippen LogP contribution >= 0.6 is 0 Å². The molecule has 1 fully saturated rings. The molecule has 20 heavy (non-hydrogen) atoms. The van der Waals surface area contributed by atoms with Gasteiger partial charge in [-0.15, -0.1) is 0 Å². The van der Waals surface area contributed by atoms with Crippen molar-refractivity contribution in [2.45, 2.75) is 32.0 Å². The number of halogens is 3. The van der Waals surface area contributed by atoms with Crippen molar-refractivity contribution in [2.24, 2.45) is 0 Å². The minimum Gasteiger partial charge on any atom is -0.359 e. The number of amides is 1. The van der Waals surface area contributed by atoms with Gasteiger partial charge >= 0.3 is 6.18 Å². The molecule has 0 bridgehead atoms. The van der Waals surface area contributed by atoms with Crippen LogP contribution in [0.4, 0.5) is 19.0 Å².